The molecule has 0 spiro atoms. The predicted octanol–water partition coefficient (Wildman–Crippen LogP) is 4.88. The van der Waals surface area contributed by atoms with Gasteiger partial charge >= 0.3 is 0 Å². The van der Waals surface area contributed by atoms with E-state index in [9.17, 15) is 0 Å². The number of halogens is 1. The van der Waals surface area contributed by atoms with Crippen LogP contribution in [0.2, 0.25) is 0 Å². The lowest BCUT2D eigenvalue weighted by Gasteiger charge is -2.22. The van der Waals surface area contributed by atoms with Gasteiger partial charge < -0.3 is 4.74 Å². The van der Waals surface area contributed by atoms with Crippen LogP contribution in [-0.2, 0) is 6.42 Å². The molecule has 1 heterocycles. The topological polar surface area (TPSA) is 9.23 Å². The standard InChI is InChI=1S/C17H23ClO/c1-12-7-8-17-14(9-12)11-15(19-17)10-13-5-3-2-4-6-16(13)18/h7-9,13,15-16H,2-6,10-11H2,1H3. The number of benzene rings is 1. The van der Waals surface area contributed by atoms with E-state index >= 15 is 0 Å². The van der Waals surface area contributed by atoms with Crippen molar-refractivity contribution in [2.75, 3.05) is 0 Å². The van der Waals surface area contributed by atoms with Crippen LogP contribution in [0.5, 0.6) is 5.75 Å². The molecule has 2 heteroatoms. The van der Waals surface area contributed by atoms with Gasteiger partial charge in [0.25, 0.3) is 0 Å². The summed E-state index contributed by atoms with van der Waals surface area (Å²) in [6, 6.07) is 6.52. The van der Waals surface area contributed by atoms with Crippen LogP contribution in [0, 0.1) is 12.8 Å². The molecule has 1 aliphatic carbocycles. The van der Waals surface area contributed by atoms with Gasteiger partial charge in [-0.15, -0.1) is 11.6 Å². The van der Waals surface area contributed by atoms with Crippen molar-refractivity contribution < 1.29 is 4.74 Å². The number of hydrogen-bond donors (Lipinski definition) is 0. The second kappa shape index (κ2) is 5.75. The zero-order valence-electron chi connectivity index (χ0n) is 11.7. The van der Waals surface area contributed by atoms with Crippen LogP contribution in [0.4, 0.5) is 0 Å². The van der Waals surface area contributed by atoms with Crippen LogP contribution in [0.1, 0.15) is 49.7 Å². The van der Waals surface area contributed by atoms with E-state index in [2.05, 4.69) is 25.1 Å². The monoisotopic (exact) mass is 278 g/mol. The molecule has 0 bridgehead atoms. The first-order valence-electron chi connectivity index (χ1n) is 7.62. The second-order valence-corrected chi connectivity index (χ2v) is 6.77. The maximum Gasteiger partial charge on any atom is 0.123 e. The van der Waals surface area contributed by atoms with Gasteiger partial charge in [-0.25, -0.2) is 0 Å². The fourth-order valence-electron chi connectivity index (χ4n) is 3.52. The summed E-state index contributed by atoms with van der Waals surface area (Å²) in [7, 11) is 0. The fraction of sp³-hybridized carbons (Fsp3) is 0.647. The second-order valence-electron chi connectivity index (χ2n) is 6.20. The first-order valence-corrected chi connectivity index (χ1v) is 8.06. The molecule has 1 aromatic carbocycles. The minimum Gasteiger partial charge on any atom is -0.490 e. The highest BCUT2D eigenvalue weighted by Gasteiger charge is 2.29. The summed E-state index contributed by atoms with van der Waals surface area (Å²) < 4.78 is 6.10. The SMILES string of the molecule is Cc1ccc2c(c1)CC(CC1CCCCCC1Cl)O2. The van der Waals surface area contributed by atoms with Crippen molar-refractivity contribution in [2.24, 2.45) is 5.92 Å². The Kier molecular flexibility index (Phi) is 4.02. The third-order valence-electron chi connectivity index (χ3n) is 4.59. The molecule has 0 radical (unpaired) electrons. The van der Waals surface area contributed by atoms with Gasteiger partial charge in [-0.2, -0.15) is 0 Å². The first kappa shape index (κ1) is 13.3. The van der Waals surface area contributed by atoms with Crippen LogP contribution in [-0.4, -0.2) is 11.5 Å². The van der Waals surface area contributed by atoms with E-state index < -0.39 is 0 Å². The van der Waals surface area contributed by atoms with Crippen LogP contribution >= 0.6 is 11.6 Å². The van der Waals surface area contributed by atoms with Gasteiger partial charge in [-0.3, -0.25) is 0 Å². The Labute approximate surface area is 121 Å². The van der Waals surface area contributed by atoms with Gasteiger partial charge in [0.05, 0.1) is 0 Å². The Morgan fingerprint density at radius 2 is 2.05 bits per heavy atom. The zero-order chi connectivity index (χ0) is 13.2. The Balaban J connectivity index is 1.63. The van der Waals surface area contributed by atoms with Crippen molar-refractivity contribution in [3.05, 3.63) is 29.3 Å². The molecule has 2 aliphatic rings. The number of fused-ring (bicyclic) bond motifs is 1. The van der Waals surface area contributed by atoms with E-state index in [1.54, 1.807) is 0 Å². The predicted molar refractivity (Wildman–Crippen MR) is 80.1 cm³/mol. The van der Waals surface area contributed by atoms with E-state index in [1.807, 2.05) is 0 Å². The maximum atomic E-state index is 6.55. The summed E-state index contributed by atoms with van der Waals surface area (Å²) >= 11 is 6.55. The van der Waals surface area contributed by atoms with Gasteiger partial charge in [0.15, 0.2) is 0 Å². The molecule has 1 saturated carbocycles. The van der Waals surface area contributed by atoms with Crippen LogP contribution < -0.4 is 4.74 Å². The van der Waals surface area contributed by atoms with Gasteiger partial charge in [0, 0.05) is 11.8 Å². The van der Waals surface area contributed by atoms with Crippen LogP contribution in [0.3, 0.4) is 0 Å². The molecule has 0 saturated heterocycles. The lowest BCUT2D eigenvalue weighted by Crippen LogP contribution is -2.23. The van der Waals surface area contributed by atoms with Crippen LogP contribution in [0.15, 0.2) is 18.2 Å². The van der Waals surface area contributed by atoms with Crippen molar-refractivity contribution in [1.82, 2.24) is 0 Å². The summed E-state index contributed by atoms with van der Waals surface area (Å²) in [6.07, 6.45) is 9.00. The summed E-state index contributed by atoms with van der Waals surface area (Å²) in [4.78, 5) is 0. The number of hydrogen-bond acceptors (Lipinski definition) is 1. The molecule has 3 atom stereocenters. The van der Waals surface area contributed by atoms with Crippen molar-refractivity contribution in [1.29, 1.82) is 0 Å². The lowest BCUT2D eigenvalue weighted by atomic mass is 9.91. The van der Waals surface area contributed by atoms with Crippen molar-refractivity contribution in [2.45, 2.75) is 63.4 Å². The minimum atomic E-state index is 0.348. The largest absolute Gasteiger partial charge is 0.490 e. The van der Waals surface area contributed by atoms with E-state index in [-0.39, 0.29) is 0 Å². The highest BCUT2D eigenvalue weighted by atomic mass is 35.5. The lowest BCUT2D eigenvalue weighted by molar-refractivity contribution is 0.188. The van der Waals surface area contributed by atoms with Gasteiger partial charge in [-0.1, -0.05) is 37.0 Å². The van der Waals surface area contributed by atoms with E-state index in [0.717, 1.165) is 18.6 Å². The van der Waals surface area contributed by atoms with E-state index in [4.69, 9.17) is 16.3 Å². The minimum absolute atomic E-state index is 0.348. The molecule has 3 unspecified atom stereocenters. The molecule has 1 fully saturated rings. The summed E-state index contributed by atoms with van der Waals surface area (Å²) in [5.74, 6) is 1.74. The van der Waals surface area contributed by atoms with Gasteiger partial charge in [0.2, 0.25) is 0 Å². The number of rotatable bonds is 2. The van der Waals surface area contributed by atoms with Gasteiger partial charge in [0.1, 0.15) is 11.9 Å². The maximum absolute atomic E-state index is 6.55. The number of alkyl halides is 1. The van der Waals surface area contributed by atoms with Crippen molar-refractivity contribution >= 4 is 11.6 Å². The molecule has 0 amide bonds. The Hall–Kier alpha value is -0.690. The molecule has 1 nitrogen and oxygen atoms in total. The Bertz CT molecular complexity index is 443. The molecular weight excluding hydrogens is 256 g/mol. The fourth-order valence-corrected chi connectivity index (χ4v) is 3.91. The highest BCUT2D eigenvalue weighted by molar-refractivity contribution is 6.20. The number of aryl methyl sites for hydroxylation is 1. The third kappa shape index (κ3) is 3.08. The molecule has 0 aromatic heterocycles. The number of ether oxygens (including phenoxy) is 1. The summed E-state index contributed by atoms with van der Waals surface area (Å²) in [5, 5.41) is 0.358. The average Bonchev–Trinajstić information content (AvgIpc) is 2.66. The van der Waals surface area contributed by atoms with Crippen LogP contribution in [0.25, 0.3) is 0 Å². The molecule has 104 valence electrons. The molecule has 3 rings (SSSR count). The molecule has 0 N–H and O–H groups in total. The molecular formula is C17H23ClO. The molecule has 19 heavy (non-hydrogen) atoms. The summed E-state index contributed by atoms with van der Waals surface area (Å²) in [5.41, 5.74) is 2.71. The molecule has 1 aliphatic heterocycles. The normalized spacial score (nSPS) is 30.5. The first-order chi connectivity index (χ1) is 9.22. The Morgan fingerprint density at radius 3 is 2.95 bits per heavy atom. The summed E-state index contributed by atoms with van der Waals surface area (Å²) in [6.45, 7) is 2.15. The van der Waals surface area contributed by atoms with Gasteiger partial charge in [-0.05, 0) is 43.7 Å². The van der Waals surface area contributed by atoms with E-state index in [0.29, 0.717) is 17.4 Å². The third-order valence-corrected chi connectivity index (χ3v) is 5.16. The van der Waals surface area contributed by atoms with E-state index in [1.165, 1.54) is 43.2 Å². The van der Waals surface area contributed by atoms with Crippen molar-refractivity contribution in [3.63, 3.8) is 0 Å². The molecule has 1 aromatic rings. The average molecular weight is 279 g/mol. The quantitative estimate of drug-likeness (QED) is 0.554. The smallest absolute Gasteiger partial charge is 0.123 e. The Morgan fingerprint density at radius 1 is 1.21 bits per heavy atom. The zero-order valence-corrected chi connectivity index (χ0v) is 12.5. The van der Waals surface area contributed by atoms with Crippen molar-refractivity contribution in [3.8, 4) is 5.75 Å². The highest BCUT2D eigenvalue weighted by Crippen LogP contribution is 2.36.